The Morgan fingerprint density at radius 1 is 1.25 bits per heavy atom. The summed E-state index contributed by atoms with van der Waals surface area (Å²) in [6.45, 7) is 4.41. The predicted octanol–water partition coefficient (Wildman–Crippen LogP) is 3.28. The zero-order valence-electron chi connectivity index (χ0n) is 12.1. The number of fused-ring (bicyclic) bond motifs is 1. The van der Waals surface area contributed by atoms with Crippen LogP contribution in [0.4, 0.5) is 0 Å². The molecule has 0 bridgehead atoms. The van der Waals surface area contributed by atoms with Gasteiger partial charge in [0, 0.05) is 24.2 Å². The monoisotopic (exact) mass is 277 g/mol. The summed E-state index contributed by atoms with van der Waals surface area (Å²) in [5.74, 6) is 1.71. The molecule has 0 saturated carbocycles. The van der Waals surface area contributed by atoms with Crippen molar-refractivity contribution in [3.8, 4) is 17.2 Å². The van der Waals surface area contributed by atoms with E-state index in [9.17, 15) is 5.11 Å². The Hall–Kier alpha value is -1.42. The van der Waals surface area contributed by atoms with Crippen molar-refractivity contribution in [3.63, 3.8) is 0 Å². The lowest BCUT2D eigenvalue weighted by atomic mass is 9.97. The number of ether oxygens (including phenoxy) is 2. The summed E-state index contributed by atoms with van der Waals surface area (Å²) in [5.41, 5.74) is 0.942. The van der Waals surface area contributed by atoms with E-state index in [0.717, 1.165) is 24.4 Å². The number of hydrogen-bond acceptors (Lipinski definition) is 4. The number of nitrogens with zero attached hydrogens (tertiary/aromatic N) is 1. The Kier molecular flexibility index (Phi) is 4.01. The topological polar surface area (TPSA) is 41.9 Å². The fourth-order valence-corrected chi connectivity index (χ4v) is 3.25. The van der Waals surface area contributed by atoms with Crippen LogP contribution in [0.25, 0.3) is 0 Å². The van der Waals surface area contributed by atoms with Gasteiger partial charge in [-0.2, -0.15) is 0 Å². The Balaban J connectivity index is 1.76. The maximum Gasteiger partial charge on any atom is 0.231 e. The molecule has 1 fully saturated rings. The third-order valence-electron chi connectivity index (χ3n) is 4.32. The van der Waals surface area contributed by atoms with Gasteiger partial charge in [-0.3, -0.25) is 4.90 Å². The summed E-state index contributed by atoms with van der Waals surface area (Å²) in [6.07, 6.45) is 6.32. The van der Waals surface area contributed by atoms with Crippen LogP contribution in [0.1, 0.15) is 44.6 Å². The second-order valence-corrected chi connectivity index (χ2v) is 5.74. The van der Waals surface area contributed by atoms with E-state index in [1.54, 1.807) is 6.07 Å². The normalized spacial score (nSPS) is 22.1. The Morgan fingerprint density at radius 3 is 2.85 bits per heavy atom. The van der Waals surface area contributed by atoms with Crippen molar-refractivity contribution < 1.29 is 14.6 Å². The average Bonchev–Trinajstić information content (AvgIpc) is 2.88. The third-order valence-corrected chi connectivity index (χ3v) is 4.32. The van der Waals surface area contributed by atoms with E-state index in [1.807, 2.05) is 6.07 Å². The zero-order valence-corrected chi connectivity index (χ0v) is 12.1. The van der Waals surface area contributed by atoms with Gasteiger partial charge in [-0.15, -0.1) is 0 Å². The minimum atomic E-state index is 0.250. The molecule has 0 spiro atoms. The lowest BCUT2D eigenvalue weighted by Crippen LogP contribution is -2.38. The number of phenolic OH excluding ortho intramolecular Hbond substituents is 1. The van der Waals surface area contributed by atoms with Gasteiger partial charge in [-0.25, -0.2) is 0 Å². The molecule has 3 rings (SSSR count). The van der Waals surface area contributed by atoms with Gasteiger partial charge in [-0.1, -0.05) is 19.8 Å². The van der Waals surface area contributed by atoms with Crippen LogP contribution in [0.5, 0.6) is 17.2 Å². The Bertz CT molecular complexity index is 473. The summed E-state index contributed by atoms with van der Waals surface area (Å²) in [4.78, 5) is 2.50. The van der Waals surface area contributed by atoms with Gasteiger partial charge in [0.2, 0.25) is 6.79 Å². The van der Waals surface area contributed by atoms with Crippen LogP contribution in [0, 0.1) is 0 Å². The summed E-state index contributed by atoms with van der Waals surface area (Å²) in [5, 5.41) is 10.2. The summed E-state index contributed by atoms with van der Waals surface area (Å²) in [6, 6.07) is 4.25. The van der Waals surface area contributed by atoms with E-state index in [1.165, 1.54) is 32.1 Å². The number of benzene rings is 1. The molecule has 1 aromatic carbocycles. The fourth-order valence-electron chi connectivity index (χ4n) is 3.25. The first-order valence-electron chi connectivity index (χ1n) is 7.63. The smallest absolute Gasteiger partial charge is 0.231 e. The van der Waals surface area contributed by atoms with Gasteiger partial charge in [0.1, 0.15) is 5.75 Å². The van der Waals surface area contributed by atoms with Crippen molar-refractivity contribution in [1.82, 2.24) is 4.90 Å². The number of hydrogen-bond donors (Lipinski definition) is 1. The van der Waals surface area contributed by atoms with Gasteiger partial charge in [0.15, 0.2) is 11.5 Å². The molecule has 1 saturated heterocycles. The number of likely N-dealkylation sites (tertiary alicyclic amines) is 1. The van der Waals surface area contributed by atoms with Crippen LogP contribution in [-0.2, 0) is 6.54 Å². The highest BCUT2D eigenvalue weighted by molar-refractivity contribution is 5.51. The lowest BCUT2D eigenvalue weighted by Gasteiger charge is -2.35. The van der Waals surface area contributed by atoms with Crippen LogP contribution in [0.15, 0.2) is 12.1 Å². The van der Waals surface area contributed by atoms with Crippen LogP contribution in [0.3, 0.4) is 0 Å². The number of piperidine rings is 1. The molecule has 2 aliphatic rings. The molecule has 4 heteroatoms. The van der Waals surface area contributed by atoms with Crippen molar-refractivity contribution >= 4 is 0 Å². The van der Waals surface area contributed by atoms with Crippen LogP contribution < -0.4 is 9.47 Å². The average molecular weight is 277 g/mol. The van der Waals surface area contributed by atoms with Crippen molar-refractivity contribution in [1.29, 1.82) is 0 Å². The van der Waals surface area contributed by atoms with Gasteiger partial charge >= 0.3 is 0 Å². The van der Waals surface area contributed by atoms with Crippen molar-refractivity contribution in [2.24, 2.45) is 0 Å². The summed E-state index contributed by atoms with van der Waals surface area (Å²) in [7, 11) is 0. The molecule has 110 valence electrons. The molecule has 1 aromatic rings. The summed E-state index contributed by atoms with van der Waals surface area (Å²) >= 11 is 0. The second-order valence-electron chi connectivity index (χ2n) is 5.74. The molecule has 1 atom stereocenters. The lowest BCUT2D eigenvalue weighted by molar-refractivity contribution is 0.130. The highest BCUT2D eigenvalue weighted by Gasteiger charge is 2.24. The van der Waals surface area contributed by atoms with Crippen LogP contribution >= 0.6 is 0 Å². The van der Waals surface area contributed by atoms with E-state index in [0.29, 0.717) is 17.5 Å². The zero-order chi connectivity index (χ0) is 13.9. The maximum absolute atomic E-state index is 10.2. The Morgan fingerprint density at radius 2 is 2.05 bits per heavy atom. The van der Waals surface area contributed by atoms with Crippen molar-refractivity contribution in [3.05, 3.63) is 17.7 Å². The molecule has 0 aromatic heterocycles. The summed E-state index contributed by atoms with van der Waals surface area (Å²) < 4.78 is 10.7. The van der Waals surface area contributed by atoms with Gasteiger partial charge in [0.25, 0.3) is 0 Å². The van der Waals surface area contributed by atoms with Gasteiger partial charge < -0.3 is 14.6 Å². The van der Waals surface area contributed by atoms with E-state index in [4.69, 9.17) is 9.47 Å². The number of phenols is 1. The third kappa shape index (κ3) is 2.70. The molecule has 2 aliphatic heterocycles. The largest absolute Gasteiger partial charge is 0.507 e. The molecule has 1 unspecified atom stereocenters. The minimum Gasteiger partial charge on any atom is -0.507 e. The molecule has 20 heavy (non-hydrogen) atoms. The highest BCUT2D eigenvalue weighted by atomic mass is 16.7. The van der Waals surface area contributed by atoms with Crippen molar-refractivity contribution in [2.45, 2.75) is 51.6 Å². The molecule has 4 nitrogen and oxygen atoms in total. The molecule has 2 heterocycles. The standard InChI is InChI=1S/C16H23NO3/c1-2-5-13-6-3-4-7-17(13)10-12-8-15-16(9-14(12)18)20-11-19-15/h8-9,13,18H,2-7,10-11H2,1H3. The van der Waals surface area contributed by atoms with E-state index in [2.05, 4.69) is 11.8 Å². The second kappa shape index (κ2) is 5.92. The van der Waals surface area contributed by atoms with E-state index in [-0.39, 0.29) is 6.79 Å². The minimum absolute atomic E-state index is 0.250. The molecule has 0 aliphatic carbocycles. The van der Waals surface area contributed by atoms with Crippen LogP contribution in [0.2, 0.25) is 0 Å². The molecular formula is C16H23NO3. The SMILES string of the molecule is CCCC1CCCCN1Cc1cc2c(cc1O)OCO2. The molecular weight excluding hydrogens is 254 g/mol. The van der Waals surface area contributed by atoms with Gasteiger partial charge in [-0.05, 0) is 31.9 Å². The van der Waals surface area contributed by atoms with Crippen LogP contribution in [-0.4, -0.2) is 29.4 Å². The molecule has 0 amide bonds. The maximum atomic E-state index is 10.2. The molecule has 0 radical (unpaired) electrons. The first-order chi connectivity index (χ1) is 9.78. The van der Waals surface area contributed by atoms with Crippen molar-refractivity contribution in [2.75, 3.05) is 13.3 Å². The number of rotatable bonds is 4. The quantitative estimate of drug-likeness (QED) is 0.917. The van der Waals surface area contributed by atoms with E-state index >= 15 is 0 Å². The van der Waals surface area contributed by atoms with E-state index < -0.39 is 0 Å². The predicted molar refractivity (Wildman–Crippen MR) is 77.2 cm³/mol. The molecule has 1 N–H and O–H groups in total. The fraction of sp³-hybridized carbons (Fsp3) is 0.625. The first kappa shape index (κ1) is 13.6. The Labute approximate surface area is 120 Å². The first-order valence-corrected chi connectivity index (χ1v) is 7.63. The highest BCUT2D eigenvalue weighted by Crippen LogP contribution is 2.38. The van der Waals surface area contributed by atoms with Gasteiger partial charge in [0.05, 0.1) is 0 Å². The number of aromatic hydroxyl groups is 1.